The van der Waals surface area contributed by atoms with E-state index in [1.54, 1.807) is 25.2 Å². The van der Waals surface area contributed by atoms with E-state index in [-0.39, 0.29) is 5.75 Å². The Hall–Kier alpha value is -2.27. The number of ether oxygens (including phenoxy) is 1. The van der Waals surface area contributed by atoms with Crippen molar-refractivity contribution in [2.75, 3.05) is 17.7 Å². The first kappa shape index (κ1) is 20.5. The first-order chi connectivity index (χ1) is 13.2. The van der Waals surface area contributed by atoms with Crippen LogP contribution in [0.4, 0.5) is 30.6 Å². The summed E-state index contributed by atoms with van der Waals surface area (Å²) in [5.74, 6) is 0.396. The molecule has 0 saturated carbocycles. The topological polar surface area (TPSA) is 59.1 Å². The van der Waals surface area contributed by atoms with Crippen LogP contribution in [0.3, 0.4) is 0 Å². The molecule has 0 saturated heterocycles. The summed E-state index contributed by atoms with van der Waals surface area (Å²) in [5.41, 5.74) is 1.50. The van der Waals surface area contributed by atoms with Crippen LogP contribution in [0.2, 0.25) is 5.02 Å². The second kappa shape index (κ2) is 8.39. The van der Waals surface area contributed by atoms with E-state index in [4.69, 9.17) is 11.6 Å². The number of alkyl halides is 3. The van der Waals surface area contributed by atoms with Crippen LogP contribution in [0.15, 0.2) is 48.5 Å². The standard InChI is InChI=1S/C18H13ClF3IN4O/c1-24-17-26-15(10-3-2-4-12(7-10)28-18(20,21)22)9-16(27-17)25-14-6-5-11(23)8-13(14)19/h2-9H,1H3,(H2,24,25,26,27). The molecule has 3 aromatic rings. The number of hydrogen-bond donors (Lipinski definition) is 2. The lowest BCUT2D eigenvalue weighted by molar-refractivity contribution is -0.274. The maximum Gasteiger partial charge on any atom is 0.573 e. The summed E-state index contributed by atoms with van der Waals surface area (Å²) in [5, 5.41) is 6.44. The van der Waals surface area contributed by atoms with Gasteiger partial charge in [0, 0.05) is 22.2 Å². The predicted octanol–water partition coefficient (Wildman–Crippen LogP) is 6.09. The Morgan fingerprint density at radius 3 is 2.54 bits per heavy atom. The third-order valence-electron chi connectivity index (χ3n) is 3.51. The van der Waals surface area contributed by atoms with Crippen molar-refractivity contribution in [1.29, 1.82) is 0 Å². The second-order valence-corrected chi connectivity index (χ2v) is 7.19. The SMILES string of the molecule is CNc1nc(Nc2ccc(I)cc2Cl)cc(-c2cccc(OC(F)(F)F)c2)n1. The van der Waals surface area contributed by atoms with Crippen molar-refractivity contribution in [2.24, 2.45) is 0 Å². The van der Waals surface area contributed by atoms with Crippen molar-refractivity contribution in [3.63, 3.8) is 0 Å². The van der Waals surface area contributed by atoms with E-state index < -0.39 is 6.36 Å². The van der Waals surface area contributed by atoms with Gasteiger partial charge < -0.3 is 15.4 Å². The Balaban J connectivity index is 1.96. The van der Waals surface area contributed by atoms with Crippen LogP contribution < -0.4 is 15.4 Å². The molecular weight excluding hydrogens is 508 g/mol. The van der Waals surface area contributed by atoms with Gasteiger partial charge in [0.25, 0.3) is 0 Å². The number of hydrogen-bond acceptors (Lipinski definition) is 5. The fraction of sp³-hybridized carbons (Fsp3) is 0.111. The van der Waals surface area contributed by atoms with E-state index >= 15 is 0 Å². The minimum Gasteiger partial charge on any atom is -0.406 e. The van der Waals surface area contributed by atoms with Gasteiger partial charge in [0.15, 0.2) is 0 Å². The van der Waals surface area contributed by atoms with Crippen molar-refractivity contribution in [1.82, 2.24) is 9.97 Å². The molecule has 3 rings (SSSR count). The number of halogens is 5. The molecule has 5 nitrogen and oxygen atoms in total. The summed E-state index contributed by atoms with van der Waals surface area (Å²) in [4.78, 5) is 8.62. The Kier molecular flexibility index (Phi) is 6.14. The largest absolute Gasteiger partial charge is 0.573 e. The summed E-state index contributed by atoms with van der Waals surface area (Å²) >= 11 is 8.39. The average Bonchev–Trinajstić information content (AvgIpc) is 2.62. The van der Waals surface area contributed by atoms with Crippen LogP contribution in [-0.2, 0) is 0 Å². The predicted molar refractivity (Wildman–Crippen MR) is 111 cm³/mol. The first-order valence-electron chi connectivity index (χ1n) is 7.88. The minimum absolute atomic E-state index is 0.295. The van der Waals surface area contributed by atoms with Crippen molar-refractivity contribution in [3.8, 4) is 17.0 Å². The van der Waals surface area contributed by atoms with Gasteiger partial charge in [0.2, 0.25) is 5.95 Å². The van der Waals surface area contributed by atoms with Gasteiger partial charge in [-0.3, -0.25) is 0 Å². The highest BCUT2D eigenvalue weighted by atomic mass is 127. The molecule has 0 aliphatic carbocycles. The van der Waals surface area contributed by atoms with E-state index in [0.717, 1.165) is 3.57 Å². The molecule has 1 aromatic heterocycles. The van der Waals surface area contributed by atoms with E-state index in [2.05, 4.69) is 47.9 Å². The van der Waals surface area contributed by atoms with Crippen molar-refractivity contribution < 1.29 is 17.9 Å². The monoisotopic (exact) mass is 520 g/mol. The average molecular weight is 521 g/mol. The van der Waals surface area contributed by atoms with Crippen LogP contribution in [0.1, 0.15) is 0 Å². The third kappa shape index (κ3) is 5.38. The molecule has 0 atom stereocenters. The molecule has 0 aliphatic heterocycles. The molecule has 0 fully saturated rings. The van der Waals surface area contributed by atoms with Gasteiger partial charge in [-0.2, -0.15) is 4.98 Å². The molecule has 2 N–H and O–H groups in total. The van der Waals surface area contributed by atoms with Crippen molar-refractivity contribution in [3.05, 3.63) is 57.1 Å². The first-order valence-corrected chi connectivity index (χ1v) is 9.34. The number of anilines is 3. The van der Waals surface area contributed by atoms with E-state index in [9.17, 15) is 13.2 Å². The Morgan fingerprint density at radius 1 is 1.07 bits per heavy atom. The molecule has 10 heteroatoms. The highest BCUT2D eigenvalue weighted by molar-refractivity contribution is 14.1. The minimum atomic E-state index is -4.77. The fourth-order valence-corrected chi connectivity index (χ4v) is 3.26. The Morgan fingerprint density at radius 2 is 1.86 bits per heavy atom. The van der Waals surface area contributed by atoms with Gasteiger partial charge in [0.1, 0.15) is 11.6 Å². The number of aromatic nitrogens is 2. The molecule has 146 valence electrons. The van der Waals surface area contributed by atoms with Crippen molar-refractivity contribution in [2.45, 2.75) is 6.36 Å². The van der Waals surface area contributed by atoms with Crippen LogP contribution in [0.25, 0.3) is 11.3 Å². The van der Waals surface area contributed by atoms with E-state index in [1.807, 2.05) is 12.1 Å². The summed E-state index contributed by atoms with van der Waals surface area (Å²) in [6, 6.07) is 12.7. The molecule has 2 aromatic carbocycles. The molecule has 28 heavy (non-hydrogen) atoms. The molecule has 0 radical (unpaired) electrons. The van der Waals surface area contributed by atoms with Gasteiger partial charge >= 0.3 is 6.36 Å². The van der Waals surface area contributed by atoms with Crippen molar-refractivity contribution >= 4 is 51.6 Å². The summed E-state index contributed by atoms with van der Waals surface area (Å²) < 4.78 is 42.4. The second-order valence-electron chi connectivity index (χ2n) is 5.54. The summed E-state index contributed by atoms with van der Waals surface area (Å²) in [6.07, 6.45) is -4.77. The quantitative estimate of drug-likeness (QED) is 0.399. The van der Waals surface area contributed by atoms with Gasteiger partial charge in [-0.05, 0) is 52.9 Å². The van der Waals surface area contributed by atoms with E-state index in [1.165, 1.54) is 18.2 Å². The fourth-order valence-electron chi connectivity index (χ4n) is 2.35. The maximum absolute atomic E-state index is 12.5. The molecule has 0 unspecified atom stereocenters. The van der Waals surface area contributed by atoms with Crippen LogP contribution in [0.5, 0.6) is 5.75 Å². The summed E-state index contributed by atoms with van der Waals surface area (Å²) in [7, 11) is 1.64. The third-order valence-corrected chi connectivity index (χ3v) is 4.49. The molecule has 0 aliphatic rings. The molecule has 1 heterocycles. The zero-order chi connectivity index (χ0) is 20.3. The lowest BCUT2D eigenvalue weighted by Crippen LogP contribution is -2.17. The van der Waals surface area contributed by atoms with Gasteiger partial charge in [-0.1, -0.05) is 23.7 Å². The molecular formula is C18H13ClF3IN4O. The molecule has 0 bridgehead atoms. The normalized spacial score (nSPS) is 11.2. The Bertz CT molecular complexity index is 1000. The van der Waals surface area contributed by atoms with Crippen LogP contribution in [0, 0.1) is 3.57 Å². The molecule has 0 amide bonds. The lowest BCUT2D eigenvalue weighted by Gasteiger charge is -2.13. The number of nitrogens with one attached hydrogen (secondary N) is 2. The van der Waals surface area contributed by atoms with Gasteiger partial charge in [0.05, 0.1) is 16.4 Å². The van der Waals surface area contributed by atoms with Gasteiger partial charge in [-0.25, -0.2) is 4.98 Å². The number of nitrogens with zero attached hydrogens (tertiary/aromatic N) is 2. The smallest absolute Gasteiger partial charge is 0.406 e. The van der Waals surface area contributed by atoms with Crippen LogP contribution >= 0.6 is 34.2 Å². The van der Waals surface area contributed by atoms with Gasteiger partial charge in [-0.15, -0.1) is 13.2 Å². The highest BCUT2D eigenvalue weighted by Crippen LogP contribution is 2.31. The zero-order valence-corrected chi connectivity index (χ0v) is 17.2. The summed E-state index contributed by atoms with van der Waals surface area (Å²) in [6.45, 7) is 0. The molecule has 0 spiro atoms. The van der Waals surface area contributed by atoms with Crippen LogP contribution in [-0.4, -0.2) is 23.4 Å². The lowest BCUT2D eigenvalue weighted by atomic mass is 10.1. The zero-order valence-electron chi connectivity index (χ0n) is 14.3. The number of rotatable bonds is 5. The van der Waals surface area contributed by atoms with E-state index in [0.29, 0.717) is 33.7 Å². The number of benzene rings is 2. The Labute approximate surface area is 177 Å². The maximum atomic E-state index is 12.5. The highest BCUT2D eigenvalue weighted by Gasteiger charge is 2.31.